The number of hydrogen-bond acceptors (Lipinski definition) is 3. The molecule has 1 aromatic heterocycles. The Bertz CT molecular complexity index is 481. The first-order valence-electron chi connectivity index (χ1n) is 8.10. The lowest BCUT2D eigenvalue weighted by atomic mass is 9.96. The van der Waals surface area contributed by atoms with Gasteiger partial charge in [-0.05, 0) is 64.5 Å². The number of likely N-dealkylation sites (tertiary alicyclic amines) is 1. The van der Waals surface area contributed by atoms with Gasteiger partial charge in [-0.3, -0.25) is 4.79 Å². The van der Waals surface area contributed by atoms with Crippen molar-refractivity contribution in [3.8, 4) is 0 Å². The SMILES string of the molecule is Cc1cc(CCCC(=O)N2CCCCC2C(C)N)c(C)s1. The molecule has 2 rings (SSSR count). The first kappa shape index (κ1) is 16.5. The quantitative estimate of drug-likeness (QED) is 0.906. The van der Waals surface area contributed by atoms with Crippen LogP contribution in [0.5, 0.6) is 0 Å². The van der Waals surface area contributed by atoms with Crippen LogP contribution in [-0.2, 0) is 11.2 Å². The Labute approximate surface area is 132 Å². The van der Waals surface area contributed by atoms with E-state index in [0.717, 1.165) is 32.2 Å². The van der Waals surface area contributed by atoms with Gasteiger partial charge < -0.3 is 10.6 Å². The van der Waals surface area contributed by atoms with Gasteiger partial charge in [-0.15, -0.1) is 11.3 Å². The summed E-state index contributed by atoms with van der Waals surface area (Å²) in [6.45, 7) is 7.23. The second-order valence-electron chi connectivity index (χ2n) is 6.30. The molecule has 0 aliphatic carbocycles. The van der Waals surface area contributed by atoms with Gasteiger partial charge in [-0.1, -0.05) is 0 Å². The molecule has 1 fully saturated rings. The highest BCUT2D eigenvalue weighted by Crippen LogP contribution is 2.23. The molecule has 1 amide bonds. The normalized spacial score (nSPS) is 20.6. The zero-order valence-electron chi connectivity index (χ0n) is 13.5. The molecule has 0 spiro atoms. The van der Waals surface area contributed by atoms with E-state index in [9.17, 15) is 4.79 Å². The molecule has 0 saturated carbocycles. The average molecular weight is 308 g/mol. The number of piperidine rings is 1. The predicted octanol–water partition coefficient (Wildman–Crippen LogP) is 3.42. The topological polar surface area (TPSA) is 46.3 Å². The minimum Gasteiger partial charge on any atom is -0.338 e. The summed E-state index contributed by atoms with van der Waals surface area (Å²) < 4.78 is 0. The molecule has 0 bridgehead atoms. The molecule has 118 valence electrons. The van der Waals surface area contributed by atoms with E-state index in [-0.39, 0.29) is 12.1 Å². The smallest absolute Gasteiger partial charge is 0.222 e. The Kier molecular flexibility index (Phi) is 5.82. The van der Waals surface area contributed by atoms with Crippen LogP contribution in [0.1, 0.15) is 54.3 Å². The van der Waals surface area contributed by atoms with Crippen molar-refractivity contribution in [3.05, 3.63) is 21.4 Å². The molecule has 0 radical (unpaired) electrons. The minimum absolute atomic E-state index is 0.0796. The third-order valence-electron chi connectivity index (χ3n) is 4.46. The van der Waals surface area contributed by atoms with Gasteiger partial charge in [0.05, 0.1) is 0 Å². The first-order chi connectivity index (χ1) is 9.99. The molecule has 3 nitrogen and oxygen atoms in total. The second kappa shape index (κ2) is 7.41. The van der Waals surface area contributed by atoms with Gasteiger partial charge in [0.1, 0.15) is 0 Å². The van der Waals surface area contributed by atoms with Crippen molar-refractivity contribution < 1.29 is 4.79 Å². The van der Waals surface area contributed by atoms with Crippen molar-refractivity contribution in [2.75, 3.05) is 6.54 Å². The largest absolute Gasteiger partial charge is 0.338 e. The van der Waals surface area contributed by atoms with Gasteiger partial charge in [0.25, 0.3) is 0 Å². The number of carbonyl (C=O) groups is 1. The van der Waals surface area contributed by atoms with Crippen LogP contribution in [0.3, 0.4) is 0 Å². The van der Waals surface area contributed by atoms with E-state index in [1.54, 1.807) is 0 Å². The van der Waals surface area contributed by atoms with Crippen LogP contribution in [0, 0.1) is 13.8 Å². The van der Waals surface area contributed by atoms with E-state index in [1.165, 1.54) is 21.7 Å². The van der Waals surface area contributed by atoms with E-state index < -0.39 is 0 Å². The Balaban J connectivity index is 1.84. The molecule has 1 aromatic rings. The van der Waals surface area contributed by atoms with Gasteiger partial charge in [-0.2, -0.15) is 0 Å². The Morgan fingerprint density at radius 3 is 2.86 bits per heavy atom. The number of rotatable bonds is 5. The summed E-state index contributed by atoms with van der Waals surface area (Å²) in [4.78, 5) is 17.3. The Morgan fingerprint density at radius 2 is 2.24 bits per heavy atom. The number of nitrogens with zero attached hydrogens (tertiary/aromatic N) is 1. The summed E-state index contributed by atoms with van der Waals surface area (Å²) in [6.07, 6.45) is 5.99. The van der Waals surface area contributed by atoms with Crippen LogP contribution in [0.25, 0.3) is 0 Å². The lowest BCUT2D eigenvalue weighted by Gasteiger charge is -2.38. The van der Waals surface area contributed by atoms with E-state index in [1.807, 2.05) is 23.2 Å². The van der Waals surface area contributed by atoms with Crippen LogP contribution < -0.4 is 5.73 Å². The highest BCUT2D eigenvalue weighted by Gasteiger charge is 2.28. The minimum atomic E-state index is 0.0796. The van der Waals surface area contributed by atoms with E-state index in [0.29, 0.717) is 12.3 Å². The third-order valence-corrected chi connectivity index (χ3v) is 5.47. The standard InChI is InChI=1S/C17H28N2OS/c1-12-11-15(14(3)21-12)7-6-9-17(20)19-10-5-4-8-16(19)13(2)18/h11,13,16H,4-10,18H2,1-3H3. The van der Waals surface area contributed by atoms with Crippen LogP contribution in [0.15, 0.2) is 6.07 Å². The van der Waals surface area contributed by atoms with Crippen molar-refractivity contribution >= 4 is 17.2 Å². The fourth-order valence-corrected chi connectivity index (χ4v) is 4.30. The molecule has 2 heterocycles. The maximum Gasteiger partial charge on any atom is 0.222 e. The Morgan fingerprint density at radius 1 is 1.48 bits per heavy atom. The van der Waals surface area contributed by atoms with Crippen molar-refractivity contribution in [1.29, 1.82) is 0 Å². The molecule has 0 aromatic carbocycles. The van der Waals surface area contributed by atoms with Gasteiger partial charge in [0.15, 0.2) is 0 Å². The predicted molar refractivity (Wildman–Crippen MR) is 89.7 cm³/mol. The number of nitrogens with two attached hydrogens (primary N) is 1. The summed E-state index contributed by atoms with van der Waals surface area (Å²) in [5.74, 6) is 0.293. The van der Waals surface area contributed by atoms with Crippen molar-refractivity contribution in [2.24, 2.45) is 5.73 Å². The summed E-state index contributed by atoms with van der Waals surface area (Å²) >= 11 is 1.85. The maximum absolute atomic E-state index is 12.5. The van der Waals surface area contributed by atoms with Gasteiger partial charge in [-0.25, -0.2) is 0 Å². The van der Waals surface area contributed by atoms with Gasteiger partial charge in [0, 0.05) is 34.8 Å². The molecule has 2 N–H and O–H groups in total. The fourth-order valence-electron chi connectivity index (χ4n) is 3.32. The van der Waals surface area contributed by atoms with Crippen molar-refractivity contribution in [1.82, 2.24) is 4.90 Å². The molecular formula is C17H28N2OS. The van der Waals surface area contributed by atoms with Crippen LogP contribution >= 0.6 is 11.3 Å². The molecular weight excluding hydrogens is 280 g/mol. The molecule has 2 atom stereocenters. The van der Waals surface area contributed by atoms with Gasteiger partial charge >= 0.3 is 0 Å². The summed E-state index contributed by atoms with van der Waals surface area (Å²) in [5.41, 5.74) is 7.46. The third kappa shape index (κ3) is 4.30. The maximum atomic E-state index is 12.5. The zero-order valence-corrected chi connectivity index (χ0v) is 14.3. The van der Waals surface area contributed by atoms with Crippen LogP contribution in [0.4, 0.5) is 0 Å². The molecule has 4 heteroatoms. The van der Waals surface area contributed by atoms with Gasteiger partial charge in [0.2, 0.25) is 5.91 Å². The first-order valence-corrected chi connectivity index (χ1v) is 8.91. The number of aryl methyl sites for hydroxylation is 3. The fraction of sp³-hybridized carbons (Fsp3) is 0.706. The zero-order chi connectivity index (χ0) is 15.4. The summed E-state index contributed by atoms with van der Waals surface area (Å²) in [7, 11) is 0. The second-order valence-corrected chi connectivity index (χ2v) is 7.76. The molecule has 2 unspecified atom stereocenters. The van der Waals surface area contributed by atoms with Crippen LogP contribution in [0.2, 0.25) is 0 Å². The van der Waals surface area contributed by atoms with E-state index >= 15 is 0 Å². The highest BCUT2D eigenvalue weighted by molar-refractivity contribution is 7.12. The molecule has 1 aliphatic rings. The van der Waals surface area contributed by atoms with Crippen LogP contribution in [-0.4, -0.2) is 29.4 Å². The molecule has 1 saturated heterocycles. The molecule has 21 heavy (non-hydrogen) atoms. The van der Waals surface area contributed by atoms with E-state index in [4.69, 9.17) is 5.73 Å². The Hall–Kier alpha value is -0.870. The van der Waals surface area contributed by atoms with Crippen molar-refractivity contribution in [3.63, 3.8) is 0 Å². The van der Waals surface area contributed by atoms with Crippen molar-refractivity contribution in [2.45, 2.75) is 71.4 Å². The van der Waals surface area contributed by atoms with E-state index in [2.05, 4.69) is 19.9 Å². The summed E-state index contributed by atoms with van der Waals surface area (Å²) in [6, 6.07) is 2.59. The number of amides is 1. The lowest BCUT2D eigenvalue weighted by molar-refractivity contribution is -0.135. The lowest BCUT2D eigenvalue weighted by Crippen LogP contribution is -2.51. The number of carbonyl (C=O) groups excluding carboxylic acids is 1. The average Bonchev–Trinajstić information content (AvgIpc) is 2.77. The number of thiophene rings is 1. The summed E-state index contributed by atoms with van der Waals surface area (Å²) in [5, 5.41) is 0. The monoisotopic (exact) mass is 308 g/mol. The number of hydrogen-bond donors (Lipinski definition) is 1. The highest BCUT2D eigenvalue weighted by atomic mass is 32.1. The molecule has 1 aliphatic heterocycles.